The van der Waals surface area contributed by atoms with Gasteiger partial charge in [-0.05, 0) is 33.1 Å². The maximum atomic E-state index is 12.0. The molecule has 3 N–H and O–H groups in total. The van der Waals surface area contributed by atoms with E-state index < -0.39 is 24.0 Å². The lowest BCUT2D eigenvalue weighted by Crippen LogP contribution is -2.46. The fourth-order valence-corrected chi connectivity index (χ4v) is 2.41. The third-order valence-corrected chi connectivity index (χ3v) is 3.82. The Labute approximate surface area is 151 Å². The molecule has 0 aliphatic heterocycles. The van der Waals surface area contributed by atoms with E-state index in [1.165, 1.54) is 18.3 Å². The van der Waals surface area contributed by atoms with Crippen LogP contribution < -0.4 is 16.0 Å². The molecule has 9 heteroatoms. The van der Waals surface area contributed by atoms with Gasteiger partial charge in [-0.15, -0.1) is 11.3 Å². The zero-order valence-corrected chi connectivity index (χ0v) is 16.0. The van der Waals surface area contributed by atoms with Gasteiger partial charge in [-0.2, -0.15) is 0 Å². The smallest absolute Gasteiger partial charge is 0.358 e. The van der Waals surface area contributed by atoms with Crippen molar-refractivity contribution in [3.8, 4) is 0 Å². The summed E-state index contributed by atoms with van der Waals surface area (Å²) in [4.78, 5) is 39.5. The number of rotatable bonds is 8. The van der Waals surface area contributed by atoms with Crippen LogP contribution in [0.1, 0.15) is 51.5 Å². The number of thiazole rings is 1. The van der Waals surface area contributed by atoms with E-state index in [1.807, 2.05) is 0 Å². The van der Waals surface area contributed by atoms with Crippen LogP contribution in [0.2, 0.25) is 0 Å². The molecule has 8 nitrogen and oxygen atoms in total. The van der Waals surface area contributed by atoms with Gasteiger partial charge >= 0.3 is 12.0 Å². The third-order valence-electron chi connectivity index (χ3n) is 3.02. The summed E-state index contributed by atoms with van der Waals surface area (Å²) >= 11 is 1.29. The van der Waals surface area contributed by atoms with E-state index >= 15 is 0 Å². The quantitative estimate of drug-likeness (QED) is 0.606. The fraction of sp³-hybridized carbons (Fsp3) is 0.625. The van der Waals surface area contributed by atoms with E-state index in [-0.39, 0.29) is 11.7 Å². The number of anilines is 1. The number of hydrogen-bond donors (Lipinski definition) is 3. The molecule has 0 unspecified atom stereocenters. The second-order valence-electron chi connectivity index (χ2n) is 6.31. The Bertz CT molecular complexity index is 601. The van der Waals surface area contributed by atoms with Crippen LogP contribution in [0.4, 0.5) is 9.93 Å². The zero-order chi connectivity index (χ0) is 19.0. The molecular weight excluding hydrogens is 344 g/mol. The van der Waals surface area contributed by atoms with Gasteiger partial charge in [0.15, 0.2) is 16.9 Å². The number of carbonyl (C=O) groups is 3. The van der Waals surface area contributed by atoms with Gasteiger partial charge < -0.3 is 15.4 Å². The molecule has 1 atom stereocenters. The number of hydrogen-bond acceptors (Lipinski definition) is 7. The van der Waals surface area contributed by atoms with Crippen molar-refractivity contribution in [1.82, 2.24) is 15.6 Å². The number of esters is 1. The first-order chi connectivity index (χ1) is 11.7. The number of nitrogens with zero attached hydrogens (tertiary/aromatic N) is 1. The molecule has 25 heavy (non-hydrogen) atoms. The molecule has 140 valence electrons. The molecule has 0 saturated heterocycles. The molecule has 0 spiro atoms. The predicted molar refractivity (Wildman–Crippen MR) is 96.7 cm³/mol. The summed E-state index contributed by atoms with van der Waals surface area (Å²) in [5, 5.41) is 9.96. The van der Waals surface area contributed by atoms with Crippen molar-refractivity contribution in [1.29, 1.82) is 0 Å². The topological polar surface area (TPSA) is 109 Å². The van der Waals surface area contributed by atoms with Crippen molar-refractivity contribution >= 4 is 34.4 Å². The highest BCUT2D eigenvalue weighted by atomic mass is 32.1. The summed E-state index contributed by atoms with van der Waals surface area (Å²) in [5.74, 6) is -0.832. The number of urea groups is 1. The number of ether oxygens (including phenoxy) is 1. The van der Waals surface area contributed by atoms with Gasteiger partial charge in [0.05, 0.1) is 0 Å². The summed E-state index contributed by atoms with van der Waals surface area (Å²) in [6.45, 7) is 9.94. The molecule has 1 heterocycles. The molecule has 1 rings (SSSR count). The maximum absolute atomic E-state index is 12.0. The maximum Gasteiger partial charge on any atom is 0.358 e. The minimum Gasteiger partial charge on any atom is -0.448 e. The van der Waals surface area contributed by atoms with E-state index in [4.69, 9.17) is 4.74 Å². The van der Waals surface area contributed by atoms with Crippen LogP contribution in [0, 0.1) is 5.92 Å². The van der Waals surface area contributed by atoms with Crippen molar-refractivity contribution in [2.75, 3.05) is 11.9 Å². The Morgan fingerprint density at radius 2 is 1.88 bits per heavy atom. The average Bonchev–Trinajstić information content (AvgIpc) is 2.94. The summed E-state index contributed by atoms with van der Waals surface area (Å²) in [5.41, 5.74) is 0.128. The van der Waals surface area contributed by atoms with Crippen molar-refractivity contribution in [3.63, 3.8) is 0 Å². The van der Waals surface area contributed by atoms with Crippen LogP contribution in [0.3, 0.4) is 0 Å². The SMILES string of the molecule is CC(C)CCNc1nc(C(=O)O[C@H](C)C(=O)NC(=O)NC(C)C)cs1. The molecule has 0 fully saturated rings. The van der Waals surface area contributed by atoms with Crippen molar-refractivity contribution in [2.45, 2.75) is 53.2 Å². The van der Waals surface area contributed by atoms with Crippen molar-refractivity contribution in [2.24, 2.45) is 5.92 Å². The Hall–Kier alpha value is -2.16. The molecule has 1 aromatic heterocycles. The molecule has 0 aromatic carbocycles. The largest absolute Gasteiger partial charge is 0.448 e. The molecule has 0 aliphatic carbocycles. The lowest BCUT2D eigenvalue weighted by Gasteiger charge is -2.13. The van der Waals surface area contributed by atoms with Gasteiger partial charge in [0.1, 0.15) is 0 Å². The normalized spacial score (nSPS) is 12.0. The van der Waals surface area contributed by atoms with Crippen molar-refractivity contribution in [3.05, 3.63) is 11.1 Å². The Balaban J connectivity index is 2.48. The molecule has 1 aromatic rings. The van der Waals surface area contributed by atoms with E-state index in [1.54, 1.807) is 19.2 Å². The summed E-state index contributed by atoms with van der Waals surface area (Å²) in [7, 11) is 0. The lowest BCUT2D eigenvalue weighted by atomic mass is 10.1. The van der Waals surface area contributed by atoms with E-state index in [0.717, 1.165) is 13.0 Å². The predicted octanol–water partition coefficient (Wildman–Crippen LogP) is 2.38. The summed E-state index contributed by atoms with van der Waals surface area (Å²) in [6, 6.07) is -0.740. The van der Waals surface area contributed by atoms with Crippen LogP contribution in [-0.2, 0) is 9.53 Å². The highest BCUT2D eigenvalue weighted by molar-refractivity contribution is 7.13. The monoisotopic (exact) mass is 370 g/mol. The molecule has 0 saturated carbocycles. The zero-order valence-electron chi connectivity index (χ0n) is 15.2. The minimum atomic E-state index is -1.11. The van der Waals surface area contributed by atoms with E-state index in [9.17, 15) is 14.4 Å². The number of amides is 3. The first kappa shape index (κ1) is 20.9. The molecular formula is C16H26N4O4S. The lowest BCUT2D eigenvalue weighted by molar-refractivity contribution is -0.127. The van der Waals surface area contributed by atoms with Crippen LogP contribution in [0.5, 0.6) is 0 Å². The Morgan fingerprint density at radius 1 is 1.20 bits per heavy atom. The van der Waals surface area contributed by atoms with Crippen molar-refractivity contribution < 1.29 is 19.1 Å². The average molecular weight is 370 g/mol. The molecule has 0 bridgehead atoms. The number of imide groups is 1. The fourth-order valence-electron chi connectivity index (χ4n) is 1.70. The number of nitrogens with one attached hydrogen (secondary N) is 3. The van der Waals surface area contributed by atoms with Gasteiger partial charge in [0, 0.05) is 18.0 Å². The molecule has 3 amide bonds. The molecule has 0 aliphatic rings. The van der Waals surface area contributed by atoms with Crippen LogP contribution in [0.15, 0.2) is 5.38 Å². The standard InChI is InChI=1S/C16H26N4O4S/c1-9(2)6-7-17-16-19-12(8-25-16)14(22)24-11(5)13(21)20-15(23)18-10(3)4/h8-11H,6-7H2,1-5H3,(H,17,19)(H2,18,20,21,23)/t11-/m1/s1. The van der Waals surface area contributed by atoms with Crippen LogP contribution >= 0.6 is 11.3 Å². The second kappa shape index (κ2) is 9.97. The van der Waals surface area contributed by atoms with E-state index in [2.05, 4.69) is 34.8 Å². The number of carbonyl (C=O) groups excluding carboxylic acids is 3. The van der Waals surface area contributed by atoms with Gasteiger partial charge in [0.2, 0.25) is 0 Å². The van der Waals surface area contributed by atoms with E-state index in [0.29, 0.717) is 11.0 Å². The summed E-state index contributed by atoms with van der Waals surface area (Å²) in [6.07, 6.45) is -0.112. The highest BCUT2D eigenvalue weighted by Crippen LogP contribution is 2.17. The first-order valence-electron chi connectivity index (χ1n) is 8.20. The van der Waals surface area contributed by atoms with Crippen LogP contribution in [0.25, 0.3) is 0 Å². The van der Waals surface area contributed by atoms with Gasteiger partial charge in [0.25, 0.3) is 5.91 Å². The Morgan fingerprint density at radius 3 is 2.48 bits per heavy atom. The highest BCUT2D eigenvalue weighted by Gasteiger charge is 2.22. The third kappa shape index (κ3) is 7.97. The summed E-state index contributed by atoms with van der Waals surface area (Å²) < 4.78 is 5.05. The van der Waals surface area contributed by atoms with Gasteiger partial charge in [-0.3, -0.25) is 10.1 Å². The minimum absolute atomic E-state index is 0.109. The second-order valence-corrected chi connectivity index (χ2v) is 7.17. The molecule has 0 radical (unpaired) electrons. The van der Waals surface area contributed by atoms with Gasteiger partial charge in [-0.25, -0.2) is 14.6 Å². The van der Waals surface area contributed by atoms with Gasteiger partial charge in [-0.1, -0.05) is 13.8 Å². The number of aromatic nitrogens is 1. The first-order valence-corrected chi connectivity index (χ1v) is 9.08. The van der Waals surface area contributed by atoms with Crippen LogP contribution in [-0.4, -0.2) is 41.6 Å². The Kier molecular flexibility index (Phi) is 8.33.